The van der Waals surface area contributed by atoms with Crippen molar-refractivity contribution in [3.05, 3.63) is 29.3 Å². The van der Waals surface area contributed by atoms with Gasteiger partial charge in [0, 0.05) is 18.9 Å². The lowest BCUT2D eigenvalue weighted by atomic mass is 9.98. The number of hydrogen-bond acceptors (Lipinski definition) is 5. The average molecular weight is 343 g/mol. The monoisotopic (exact) mass is 343 g/mol. The number of benzene rings is 1. The molecule has 0 spiro atoms. The highest BCUT2D eigenvalue weighted by atomic mass is 32.2. The molecule has 0 heterocycles. The van der Waals surface area contributed by atoms with Crippen molar-refractivity contribution >= 4 is 21.7 Å². The van der Waals surface area contributed by atoms with Gasteiger partial charge in [-0.1, -0.05) is 6.07 Å². The number of hydrogen-bond donors (Lipinski definition) is 2. The van der Waals surface area contributed by atoms with E-state index in [0.29, 0.717) is 5.56 Å². The summed E-state index contributed by atoms with van der Waals surface area (Å²) in [4.78, 5) is 23.4. The van der Waals surface area contributed by atoms with E-state index < -0.39 is 27.3 Å². The molecule has 23 heavy (non-hydrogen) atoms. The Labute approximate surface area is 135 Å². The van der Waals surface area contributed by atoms with Crippen molar-refractivity contribution in [1.29, 1.82) is 0 Å². The van der Waals surface area contributed by atoms with Crippen LogP contribution in [0.25, 0.3) is 0 Å². The Morgan fingerprint density at radius 2 is 1.96 bits per heavy atom. The summed E-state index contributed by atoms with van der Waals surface area (Å²) in [5.41, 5.74) is -0.425. The number of carbonyl (C=O) groups excluding carboxylic acids is 1. The molecular formula is C15H21NO6S. The molecule has 0 saturated heterocycles. The standard InChI is InChI=1S/C15H21NO6S/c1-10-5-6-11(7-12(10)23(4,20)21)14(19)16-15(2,9-22-3)8-13(17)18/h5-7H,8-9H2,1-4H3,(H,16,19)(H,17,18). The molecule has 1 rings (SSSR count). The van der Waals surface area contributed by atoms with Gasteiger partial charge in [-0.3, -0.25) is 9.59 Å². The lowest BCUT2D eigenvalue weighted by Crippen LogP contribution is -2.50. The Balaban J connectivity index is 3.12. The maximum atomic E-state index is 12.4. The number of nitrogens with one attached hydrogen (secondary N) is 1. The molecule has 0 aromatic heterocycles. The SMILES string of the molecule is COCC(C)(CC(=O)O)NC(=O)c1ccc(C)c(S(C)(=O)=O)c1. The van der Waals surface area contributed by atoms with Gasteiger partial charge in [-0.2, -0.15) is 0 Å². The molecule has 0 saturated carbocycles. The lowest BCUT2D eigenvalue weighted by molar-refractivity contribution is -0.139. The predicted molar refractivity (Wildman–Crippen MR) is 84.3 cm³/mol. The molecule has 0 aliphatic heterocycles. The molecule has 128 valence electrons. The summed E-state index contributed by atoms with van der Waals surface area (Å²) in [6.45, 7) is 3.20. The van der Waals surface area contributed by atoms with Crippen LogP contribution >= 0.6 is 0 Å². The number of carboxylic acids is 1. The first-order chi connectivity index (χ1) is 10.5. The third-order valence-corrected chi connectivity index (χ3v) is 4.51. The topological polar surface area (TPSA) is 110 Å². The summed E-state index contributed by atoms with van der Waals surface area (Å²) in [7, 11) is -2.06. The quantitative estimate of drug-likeness (QED) is 0.764. The second-order valence-corrected chi connectivity index (χ2v) is 7.75. The van der Waals surface area contributed by atoms with Crippen molar-refractivity contribution in [2.45, 2.75) is 30.7 Å². The van der Waals surface area contributed by atoms with E-state index in [4.69, 9.17) is 9.84 Å². The van der Waals surface area contributed by atoms with E-state index in [1.807, 2.05) is 0 Å². The number of rotatable bonds is 7. The molecule has 1 unspecified atom stereocenters. The Morgan fingerprint density at radius 1 is 1.35 bits per heavy atom. The minimum Gasteiger partial charge on any atom is -0.481 e. The Hall–Kier alpha value is -1.93. The number of ether oxygens (including phenoxy) is 1. The fourth-order valence-electron chi connectivity index (χ4n) is 2.27. The van der Waals surface area contributed by atoms with Crippen LogP contribution < -0.4 is 5.32 Å². The minimum atomic E-state index is -3.46. The molecule has 8 heteroatoms. The number of carbonyl (C=O) groups is 2. The van der Waals surface area contributed by atoms with Gasteiger partial charge in [0.1, 0.15) is 0 Å². The molecule has 0 aliphatic carbocycles. The van der Waals surface area contributed by atoms with Gasteiger partial charge in [-0.15, -0.1) is 0 Å². The zero-order valence-electron chi connectivity index (χ0n) is 13.5. The Kier molecular flexibility index (Phi) is 5.90. The summed E-state index contributed by atoms with van der Waals surface area (Å²) in [5.74, 6) is -1.64. The van der Waals surface area contributed by atoms with E-state index in [9.17, 15) is 18.0 Å². The molecule has 1 aromatic rings. The first kappa shape index (κ1) is 19.1. The molecule has 7 nitrogen and oxygen atoms in total. The van der Waals surface area contributed by atoms with Crippen LogP contribution in [0, 0.1) is 6.92 Å². The first-order valence-corrected chi connectivity index (χ1v) is 8.71. The fraction of sp³-hybridized carbons (Fsp3) is 0.467. The van der Waals surface area contributed by atoms with Crippen molar-refractivity contribution < 1.29 is 27.9 Å². The maximum absolute atomic E-state index is 12.4. The van der Waals surface area contributed by atoms with Crippen molar-refractivity contribution in [2.75, 3.05) is 20.0 Å². The van der Waals surface area contributed by atoms with Crippen LogP contribution in [0.2, 0.25) is 0 Å². The fourth-order valence-corrected chi connectivity index (χ4v) is 3.26. The Bertz CT molecular complexity index is 713. The van der Waals surface area contributed by atoms with Crippen LogP contribution in [0.5, 0.6) is 0 Å². The predicted octanol–water partition coefficient (Wildman–Crippen LogP) is 1.01. The largest absolute Gasteiger partial charge is 0.481 e. The van der Waals surface area contributed by atoms with Gasteiger partial charge in [0.2, 0.25) is 0 Å². The van der Waals surface area contributed by atoms with Crippen LogP contribution in [0.15, 0.2) is 23.1 Å². The molecule has 2 N–H and O–H groups in total. The first-order valence-electron chi connectivity index (χ1n) is 6.82. The van der Waals surface area contributed by atoms with E-state index in [1.54, 1.807) is 13.8 Å². The third-order valence-electron chi connectivity index (χ3n) is 3.27. The molecule has 1 atom stereocenters. The molecular weight excluding hydrogens is 322 g/mol. The zero-order valence-corrected chi connectivity index (χ0v) is 14.4. The smallest absolute Gasteiger partial charge is 0.305 e. The van der Waals surface area contributed by atoms with Gasteiger partial charge in [0.05, 0.1) is 23.5 Å². The average Bonchev–Trinajstić information content (AvgIpc) is 2.36. The molecule has 0 aliphatic rings. The van der Waals surface area contributed by atoms with Gasteiger partial charge >= 0.3 is 5.97 Å². The number of sulfone groups is 1. The van der Waals surface area contributed by atoms with Gasteiger partial charge in [-0.05, 0) is 31.5 Å². The lowest BCUT2D eigenvalue weighted by Gasteiger charge is -2.28. The number of amides is 1. The van der Waals surface area contributed by atoms with Gasteiger partial charge in [0.15, 0.2) is 9.84 Å². The second-order valence-electron chi connectivity index (χ2n) is 5.77. The van der Waals surface area contributed by atoms with Crippen LogP contribution in [-0.2, 0) is 19.4 Å². The van der Waals surface area contributed by atoms with Gasteiger partial charge in [0.25, 0.3) is 5.91 Å². The highest BCUT2D eigenvalue weighted by Crippen LogP contribution is 2.18. The van der Waals surface area contributed by atoms with Gasteiger partial charge < -0.3 is 15.2 Å². The van der Waals surface area contributed by atoms with E-state index >= 15 is 0 Å². The highest BCUT2D eigenvalue weighted by molar-refractivity contribution is 7.90. The summed E-state index contributed by atoms with van der Waals surface area (Å²) >= 11 is 0. The molecule has 0 radical (unpaired) electrons. The van der Waals surface area contributed by atoms with E-state index in [2.05, 4.69) is 5.32 Å². The summed E-state index contributed by atoms with van der Waals surface area (Å²) in [6.07, 6.45) is 0.744. The van der Waals surface area contributed by atoms with Crippen LogP contribution in [-0.4, -0.2) is 50.9 Å². The van der Waals surface area contributed by atoms with Crippen molar-refractivity contribution in [2.24, 2.45) is 0 Å². The van der Waals surface area contributed by atoms with Crippen LogP contribution in [0.1, 0.15) is 29.3 Å². The second kappa shape index (κ2) is 7.10. The zero-order chi connectivity index (χ0) is 17.8. The highest BCUT2D eigenvalue weighted by Gasteiger charge is 2.30. The van der Waals surface area contributed by atoms with E-state index in [1.165, 1.54) is 25.3 Å². The Morgan fingerprint density at radius 3 is 2.43 bits per heavy atom. The van der Waals surface area contributed by atoms with E-state index in [0.717, 1.165) is 6.26 Å². The summed E-state index contributed by atoms with van der Waals surface area (Å²) < 4.78 is 28.4. The van der Waals surface area contributed by atoms with Crippen molar-refractivity contribution in [1.82, 2.24) is 5.32 Å². The number of carboxylic acid groups (broad SMARTS) is 1. The normalized spacial score (nSPS) is 14.1. The van der Waals surface area contributed by atoms with E-state index in [-0.39, 0.29) is 23.5 Å². The van der Waals surface area contributed by atoms with Crippen LogP contribution in [0.4, 0.5) is 0 Å². The van der Waals surface area contributed by atoms with Crippen molar-refractivity contribution in [3.8, 4) is 0 Å². The molecule has 0 bridgehead atoms. The third kappa shape index (κ3) is 5.33. The summed E-state index contributed by atoms with van der Waals surface area (Å²) in [5, 5.41) is 11.6. The molecule has 0 fully saturated rings. The van der Waals surface area contributed by atoms with Crippen molar-refractivity contribution in [3.63, 3.8) is 0 Å². The number of methoxy groups -OCH3 is 1. The number of aryl methyl sites for hydroxylation is 1. The molecule has 1 aromatic carbocycles. The van der Waals surface area contributed by atoms with Gasteiger partial charge in [-0.25, -0.2) is 8.42 Å². The minimum absolute atomic E-state index is 0.00976. The molecule has 1 amide bonds. The summed E-state index contributed by atoms with van der Waals surface area (Å²) in [6, 6.07) is 4.32. The maximum Gasteiger partial charge on any atom is 0.305 e. The van der Waals surface area contributed by atoms with Crippen LogP contribution in [0.3, 0.4) is 0 Å². The number of aliphatic carboxylic acids is 1.